The van der Waals surface area contributed by atoms with E-state index in [2.05, 4.69) is 116 Å². The molecule has 0 spiro atoms. The number of esters is 2. The van der Waals surface area contributed by atoms with Gasteiger partial charge in [0.05, 0.1) is 19.8 Å². The van der Waals surface area contributed by atoms with Gasteiger partial charge < -0.3 is 24.6 Å². The number of hydrogen-bond acceptors (Lipinski definition) is 9. The van der Waals surface area contributed by atoms with E-state index in [1.165, 1.54) is 0 Å². The smallest absolute Gasteiger partial charge is 0.462 e. The Balaban J connectivity index is 4.43. The quantitative estimate of drug-likeness (QED) is 0.0238. The van der Waals surface area contributed by atoms with E-state index in [4.69, 9.17) is 19.1 Å². The number of aliphatic hydroxyl groups excluding tert-OH is 2. The summed E-state index contributed by atoms with van der Waals surface area (Å²) in [5.41, 5.74) is 0. The molecule has 57 heavy (non-hydrogen) atoms. The maximum Gasteiger partial charge on any atom is 0.472 e. The average Bonchev–Trinajstić information content (AvgIpc) is 3.20. The number of phosphoric acid groups is 1. The minimum absolute atomic E-state index is 0.135. The van der Waals surface area contributed by atoms with E-state index in [1.54, 1.807) is 0 Å². The monoisotopic (exact) mass is 819 g/mol. The van der Waals surface area contributed by atoms with Crippen molar-refractivity contribution in [2.24, 2.45) is 0 Å². The number of phosphoric ester groups is 1. The molecule has 0 fully saturated rings. The van der Waals surface area contributed by atoms with E-state index in [0.717, 1.165) is 103 Å². The highest BCUT2D eigenvalue weighted by atomic mass is 31.2. The molecule has 11 heteroatoms. The number of allylic oxidation sites excluding steroid dienone is 16. The minimum Gasteiger partial charge on any atom is -0.462 e. The first-order valence-corrected chi connectivity index (χ1v) is 22.7. The van der Waals surface area contributed by atoms with E-state index < -0.39 is 51.8 Å². The van der Waals surface area contributed by atoms with Crippen LogP contribution >= 0.6 is 7.82 Å². The Morgan fingerprint density at radius 3 is 1.39 bits per heavy atom. The Hall–Kier alpha value is -3.11. The summed E-state index contributed by atoms with van der Waals surface area (Å²) in [6.45, 7) is 2.07. The van der Waals surface area contributed by atoms with Gasteiger partial charge in [0.1, 0.15) is 12.7 Å². The topological polar surface area (TPSA) is 149 Å². The Morgan fingerprint density at radius 2 is 0.912 bits per heavy atom. The Morgan fingerprint density at radius 1 is 0.526 bits per heavy atom. The number of unbranched alkanes of at least 4 members (excludes halogenated alkanes) is 8. The summed E-state index contributed by atoms with van der Waals surface area (Å²) < 4.78 is 32.6. The van der Waals surface area contributed by atoms with Crippen molar-refractivity contribution in [2.75, 3.05) is 26.4 Å². The van der Waals surface area contributed by atoms with E-state index in [0.29, 0.717) is 12.8 Å². The highest BCUT2D eigenvalue weighted by Crippen LogP contribution is 2.43. The molecule has 3 atom stereocenters. The van der Waals surface area contributed by atoms with Crippen LogP contribution in [0.15, 0.2) is 97.2 Å². The predicted molar refractivity (Wildman–Crippen MR) is 232 cm³/mol. The number of ether oxygens (including phenoxy) is 2. The molecule has 0 bridgehead atoms. The van der Waals surface area contributed by atoms with Crippen LogP contribution in [0.5, 0.6) is 0 Å². The van der Waals surface area contributed by atoms with Crippen LogP contribution in [0.25, 0.3) is 0 Å². The second-order valence-corrected chi connectivity index (χ2v) is 15.1. The zero-order chi connectivity index (χ0) is 41.9. The van der Waals surface area contributed by atoms with Gasteiger partial charge in [-0.1, -0.05) is 137 Å². The van der Waals surface area contributed by atoms with E-state index in [1.807, 2.05) is 0 Å². The summed E-state index contributed by atoms with van der Waals surface area (Å²) >= 11 is 0. The molecular formula is C46H75O10P. The molecule has 3 unspecified atom stereocenters. The molecule has 3 N–H and O–H groups in total. The van der Waals surface area contributed by atoms with Crippen LogP contribution in [-0.2, 0) is 32.7 Å². The van der Waals surface area contributed by atoms with Crippen molar-refractivity contribution in [1.82, 2.24) is 0 Å². The van der Waals surface area contributed by atoms with Gasteiger partial charge in [-0.15, -0.1) is 0 Å². The largest absolute Gasteiger partial charge is 0.472 e. The lowest BCUT2D eigenvalue weighted by atomic mass is 10.1. The van der Waals surface area contributed by atoms with Gasteiger partial charge in [-0.2, -0.15) is 0 Å². The van der Waals surface area contributed by atoms with E-state index in [-0.39, 0.29) is 19.4 Å². The second-order valence-electron chi connectivity index (χ2n) is 13.6. The molecule has 0 aliphatic carbocycles. The van der Waals surface area contributed by atoms with Gasteiger partial charge >= 0.3 is 19.8 Å². The summed E-state index contributed by atoms with van der Waals surface area (Å²) in [5, 5.41) is 18.3. The molecule has 0 amide bonds. The van der Waals surface area contributed by atoms with Gasteiger partial charge in [-0.05, 0) is 89.9 Å². The lowest BCUT2D eigenvalue weighted by molar-refractivity contribution is -0.161. The fourth-order valence-corrected chi connectivity index (χ4v) is 5.82. The molecule has 0 rings (SSSR count). The van der Waals surface area contributed by atoms with Gasteiger partial charge in [-0.25, -0.2) is 4.57 Å². The highest BCUT2D eigenvalue weighted by Gasteiger charge is 2.27. The van der Waals surface area contributed by atoms with Gasteiger partial charge in [0.15, 0.2) is 6.10 Å². The second kappa shape index (κ2) is 41.1. The number of carbonyl (C=O) groups is 2. The standard InChI is InChI=1S/C46H75O10P/c1-3-5-7-9-11-13-15-17-19-20-21-22-24-26-28-30-32-34-36-38-46(50)56-44(42-55-57(51,52)54-40-43(48)39-47)41-53-45(49)37-35-33-31-29-27-25-23-18-16-14-12-10-8-6-4-2/h5-8,11-14,17-19,21-23,26,28,43-44,47-48H,3-4,9-10,15-16,20,24-25,27,29-42H2,1-2H3,(H,51,52). The number of carbonyl (C=O) groups excluding carboxylic acids is 2. The predicted octanol–water partition coefficient (Wildman–Crippen LogP) is 11.2. The third-order valence-corrected chi connectivity index (χ3v) is 9.18. The molecule has 0 saturated heterocycles. The first kappa shape index (κ1) is 53.9. The summed E-state index contributed by atoms with van der Waals surface area (Å²) in [6.07, 6.45) is 49.4. The summed E-state index contributed by atoms with van der Waals surface area (Å²) in [4.78, 5) is 35.0. The molecule has 0 aliphatic heterocycles. The minimum atomic E-state index is -4.64. The number of aliphatic hydroxyl groups is 2. The van der Waals surface area contributed by atoms with Crippen LogP contribution < -0.4 is 0 Å². The van der Waals surface area contributed by atoms with Crippen LogP contribution in [0.3, 0.4) is 0 Å². The molecule has 324 valence electrons. The molecule has 0 heterocycles. The first-order valence-electron chi connectivity index (χ1n) is 21.2. The Kier molecular flexibility index (Phi) is 38.8. The zero-order valence-corrected chi connectivity index (χ0v) is 35.9. The van der Waals surface area contributed by atoms with Gasteiger partial charge in [-0.3, -0.25) is 18.6 Å². The molecule has 0 aromatic heterocycles. The fourth-order valence-electron chi connectivity index (χ4n) is 5.03. The van der Waals surface area contributed by atoms with Crippen LogP contribution in [0.1, 0.15) is 142 Å². The highest BCUT2D eigenvalue weighted by molar-refractivity contribution is 7.47. The molecule has 10 nitrogen and oxygen atoms in total. The molecule has 0 saturated carbocycles. The van der Waals surface area contributed by atoms with Crippen molar-refractivity contribution < 1.29 is 47.8 Å². The van der Waals surface area contributed by atoms with Crippen molar-refractivity contribution in [1.29, 1.82) is 0 Å². The lowest BCUT2D eigenvalue weighted by Crippen LogP contribution is -2.29. The third-order valence-electron chi connectivity index (χ3n) is 8.23. The summed E-state index contributed by atoms with van der Waals surface area (Å²) in [5.74, 6) is -0.994. The van der Waals surface area contributed by atoms with E-state index in [9.17, 15) is 24.2 Å². The van der Waals surface area contributed by atoms with E-state index >= 15 is 0 Å². The zero-order valence-electron chi connectivity index (χ0n) is 35.0. The van der Waals surface area contributed by atoms with Gasteiger partial charge in [0.2, 0.25) is 0 Å². The Labute approximate surface area is 344 Å². The fraction of sp³-hybridized carbons (Fsp3) is 0.609. The number of rotatable bonds is 38. The normalized spacial score (nSPS) is 14.8. The van der Waals surface area contributed by atoms with Crippen LogP contribution in [-0.4, -0.2) is 65.7 Å². The van der Waals surface area contributed by atoms with Crippen LogP contribution in [0, 0.1) is 0 Å². The van der Waals surface area contributed by atoms with Crippen molar-refractivity contribution in [3.05, 3.63) is 97.2 Å². The molecule has 0 radical (unpaired) electrons. The van der Waals surface area contributed by atoms with Crippen molar-refractivity contribution in [3.63, 3.8) is 0 Å². The molecule has 0 aromatic carbocycles. The molecule has 0 aliphatic rings. The van der Waals surface area contributed by atoms with Crippen molar-refractivity contribution in [2.45, 2.75) is 154 Å². The first-order chi connectivity index (χ1) is 27.7. The summed E-state index contributed by atoms with van der Waals surface area (Å²) in [6, 6.07) is 0. The van der Waals surface area contributed by atoms with Crippen LogP contribution in [0.2, 0.25) is 0 Å². The van der Waals surface area contributed by atoms with Gasteiger partial charge in [0, 0.05) is 12.8 Å². The maximum absolute atomic E-state index is 12.6. The third kappa shape index (κ3) is 40.9. The SMILES string of the molecule is CCC=CCC=CCC=CCC=CCC=CCCCCCC(=O)OC(COC(=O)CCCCCCCC=CCC=CCC=CCC)COP(=O)(O)OCC(O)CO. The summed E-state index contributed by atoms with van der Waals surface area (Å²) in [7, 11) is -4.64. The van der Waals surface area contributed by atoms with Crippen molar-refractivity contribution >= 4 is 19.8 Å². The Bertz CT molecular complexity index is 1260. The maximum atomic E-state index is 12.6. The lowest BCUT2D eigenvalue weighted by Gasteiger charge is -2.20. The number of hydrogen-bond donors (Lipinski definition) is 3. The molecular weight excluding hydrogens is 743 g/mol. The average molecular weight is 819 g/mol. The van der Waals surface area contributed by atoms with Crippen molar-refractivity contribution in [3.8, 4) is 0 Å². The van der Waals surface area contributed by atoms with Gasteiger partial charge in [0.25, 0.3) is 0 Å². The van der Waals surface area contributed by atoms with Crippen LogP contribution in [0.4, 0.5) is 0 Å². The molecule has 0 aromatic rings.